The molecule has 0 saturated carbocycles. The van der Waals surface area contributed by atoms with Gasteiger partial charge in [0.05, 0.1) is 12.2 Å². The lowest BCUT2D eigenvalue weighted by Gasteiger charge is -2.08. The van der Waals surface area contributed by atoms with Crippen LogP contribution in [-0.2, 0) is 4.74 Å². The summed E-state index contributed by atoms with van der Waals surface area (Å²) in [6.45, 7) is -0.626. The van der Waals surface area contributed by atoms with Crippen LogP contribution in [0.4, 0.5) is 0 Å². The average Bonchev–Trinajstić information content (AvgIpc) is 2.26. The van der Waals surface area contributed by atoms with E-state index < -0.39 is 18.7 Å². The molecule has 0 spiro atoms. The first-order valence-corrected chi connectivity index (χ1v) is 5.14. The maximum Gasteiger partial charge on any atom is 0.338 e. The lowest BCUT2D eigenvalue weighted by Crippen LogP contribution is -2.21. The summed E-state index contributed by atoms with van der Waals surface area (Å²) < 4.78 is 5.63. The van der Waals surface area contributed by atoms with Crippen molar-refractivity contribution in [2.75, 3.05) is 13.2 Å². The zero-order valence-electron chi connectivity index (χ0n) is 7.89. The molecule has 0 amide bonds. The van der Waals surface area contributed by atoms with Gasteiger partial charge in [-0.25, -0.2) is 4.79 Å². The molecule has 0 bridgehead atoms. The molecule has 1 atom stereocenters. The first-order valence-electron chi connectivity index (χ1n) is 4.35. The van der Waals surface area contributed by atoms with E-state index in [0.29, 0.717) is 5.56 Å². The molecule has 0 aliphatic heterocycles. The Morgan fingerprint density at radius 3 is 2.53 bits per heavy atom. The lowest BCUT2D eigenvalue weighted by molar-refractivity contribution is 0.00933. The molecule has 2 N–H and O–H groups in total. The van der Waals surface area contributed by atoms with Crippen LogP contribution >= 0.6 is 15.9 Å². The molecule has 0 heterocycles. The van der Waals surface area contributed by atoms with Gasteiger partial charge in [0.2, 0.25) is 0 Å². The number of aliphatic hydroxyl groups is 2. The summed E-state index contributed by atoms with van der Waals surface area (Å²) in [6.07, 6.45) is -1.02. The van der Waals surface area contributed by atoms with E-state index in [2.05, 4.69) is 15.9 Å². The molecule has 0 aliphatic carbocycles. The van der Waals surface area contributed by atoms with E-state index in [1.165, 1.54) is 0 Å². The summed E-state index contributed by atoms with van der Waals surface area (Å²) >= 11 is 3.24. The van der Waals surface area contributed by atoms with Crippen LogP contribution in [0.25, 0.3) is 0 Å². The van der Waals surface area contributed by atoms with Gasteiger partial charge in [0.25, 0.3) is 0 Å². The second-order valence-corrected chi connectivity index (χ2v) is 3.86. The Kier molecular flexibility index (Phi) is 4.74. The number of hydrogen-bond donors (Lipinski definition) is 2. The van der Waals surface area contributed by atoms with Crippen molar-refractivity contribution in [3.63, 3.8) is 0 Å². The Morgan fingerprint density at radius 2 is 2.00 bits per heavy atom. The number of carbonyl (C=O) groups excluding carboxylic acids is 1. The zero-order chi connectivity index (χ0) is 11.3. The molecule has 15 heavy (non-hydrogen) atoms. The predicted molar refractivity (Wildman–Crippen MR) is 57.5 cm³/mol. The van der Waals surface area contributed by atoms with Crippen LogP contribution in [0, 0.1) is 0 Å². The van der Waals surface area contributed by atoms with E-state index in [9.17, 15) is 4.79 Å². The second-order valence-electron chi connectivity index (χ2n) is 2.94. The molecule has 1 aromatic carbocycles. The number of aliphatic hydroxyl groups excluding tert-OH is 2. The predicted octanol–water partition coefficient (Wildman–Crippen LogP) is 0.959. The fourth-order valence-corrected chi connectivity index (χ4v) is 1.16. The molecular formula is C10H11BrO4. The average molecular weight is 275 g/mol. The summed E-state index contributed by atoms with van der Waals surface area (Å²) in [6, 6.07) is 6.66. The maximum absolute atomic E-state index is 11.3. The Labute approximate surface area is 95.6 Å². The highest BCUT2D eigenvalue weighted by molar-refractivity contribution is 9.10. The van der Waals surface area contributed by atoms with Crippen molar-refractivity contribution in [2.45, 2.75) is 6.10 Å². The molecule has 1 aromatic rings. The van der Waals surface area contributed by atoms with Crippen LogP contribution in [0.3, 0.4) is 0 Å². The van der Waals surface area contributed by atoms with Crippen molar-refractivity contribution < 1.29 is 19.7 Å². The first kappa shape index (κ1) is 12.2. The van der Waals surface area contributed by atoms with Gasteiger partial charge < -0.3 is 14.9 Å². The summed E-state index contributed by atoms with van der Waals surface area (Å²) in [7, 11) is 0. The Balaban J connectivity index is 2.50. The Morgan fingerprint density at radius 1 is 1.40 bits per heavy atom. The summed E-state index contributed by atoms with van der Waals surface area (Å²) in [5.74, 6) is -0.519. The molecule has 82 valence electrons. The van der Waals surface area contributed by atoms with E-state index in [0.717, 1.165) is 4.47 Å². The molecule has 0 saturated heterocycles. The normalized spacial score (nSPS) is 12.2. The van der Waals surface area contributed by atoms with Gasteiger partial charge in [-0.2, -0.15) is 0 Å². The van der Waals surface area contributed by atoms with Crippen molar-refractivity contribution in [3.8, 4) is 0 Å². The molecular weight excluding hydrogens is 264 g/mol. The van der Waals surface area contributed by atoms with Crippen LogP contribution in [0.2, 0.25) is 0 Å². The number of rotatable bonds is 4. The van der Waals surface area contributed by atoms with E-state index in [-0.39, 0.29) is 6.61 Å². The Hall–Kier alpha value is -0.910. The minimum Gasteiger partial charge on any atom is -0.459 e. The minimum atomic E-state index is -1.02. The van der Waals surface area contributed by atoms with Crippen molar-refractivity contribution in [1.29, 1.82) is 0 Å². The topological polar surface area (TPSA) is 66.8 Å². The number of halogens is 1. The van der Waals surface area contributed by atoms with Crippen molar-refractivity contribution >= 4 is 21.9 Å². The lowest BCUT2D eigenvalue weighted by atomic mass is 10.2. The second kappa shape index (κ2) is 5.85. The zero-order valence-corrected chi connectivity index (χ0v) is 9.48. The quantitative estimate of drug-likeness (QED) is 0.803. The van der Waals surface area contributed by atoms with E-state index in [1.54, 1.807) is 24.3 Å². The van der Waals surface area contributed by atoms with E-state index >= 15 is 0 Å². The van der Waals surface area contributed by atoms with Crippen LogP contribution in [0.1, 0.15) is 10.4 Å². The third-order valence-electron chi connectivity index (χ3n) is 1.70. The van der Waals surface area contributed by atoms with Crippen molar-refractivity contribution in [2.24, 2.45) is 0 Å². The minimum absolute atomic E-state index is 0.203. The van der Waals surface area contributed by atoms with Crippen LogP contribution in [0.5, 0.6) is 0 Å². The largest absolute Gasteiger partial charge is 0.459 e. The number of benzene rings is 1. The van der Waals surface area contributed by atoms with E-state index in [4.69, 9.17) is 14.9 Å². The fourth-order valence-electron chi connectivity index (χ4n) is 0.894. The highest BCUT2D eigenvalue weighted by Gasteiger charge is 2.09. The fraction of sp³-hybridized carbons (Fsp3) is 0.300. The van der Waals surface area contributed by atoms with Gasteiger partial charge in [-0.3, -0.25) is 0 Å². The molecule has 4 nitrogen and oxygen atoms in total. The van der Waals surface area contributed by atoms with Gasteiger partial charge in [0.1, 0.15) is 12.7 Å². The molecule has 0 fully saturated rings. The number of ether oxygens (including phenoxy) is 1. The summed E-state index contributed by atoms with van der Waals surface area (Å²) in [5, 5.41) is 17.5. The molecule has 1 rings (SSSR count). The molecule has 0 aromatic heterocycles. The van der Waals surface area contributed by atoms with Crippen LogP contribution < -0.4 is 0 Å². The van der Waals surface area contributed by atoms with Gasteiger partial charge in [-0.05, 0) is 24.3 Å². The summed E-state index contributed by atoms with van der Waals surface area (Å²) in [5.41, 5.74) is 0.406. The van der Waals surface area contributed by atoms with Gasteiger partial charge in [-0.15, -0.1) is 0 Å². The van der Waals surface area contributed by atoms with Gasteiger partial charge >= 0.3 is 5.97 Å². The van der Waals surface area contributed by atoms with Gasteiger partial charge in [-0.1, -0.05) is 15.9 Å². The van der Waals surface area contributed by atoms with Gasteiger partial charge in [0.15, 0.2) is 0 Å². The van der Waals surface area contributed by atoms with Gasteiger partial charge in [0, 0.05) is 4.47 Å². The first-order chi connectivity index (χ1) is 7.13. The highest BCUT2D eigenvalue weighted by Crippen LogP contribution is 2.11. The van der Waals surface area contributed by atoms with Crippen LogP contribution in [-0.4, -0.2) is 35.5 Å². The number of hydrogen-bond acceptors (Lipinski definition) is 4. The third-order valence-corrected chi connectivity index (χ3v) is 2.23. The van der Waals surface area contributed by atoms with E-state index in [1.807, 2.05) is 0 Å². The summed E-state index contributed by atoms with van der Waals surface area (Å²) in [4.78, 5) is 11.3. The molecule has 1 unspecified atom stereocenters. The van der Waals surface area contributed by atoms with Crippen LogP contribution in [0.15, 0.2) is 28.7 Å². The standard InChI is InChI=1S/C10H11BrO4/c11-8-3-1-7(2-4-8)10(14)15-6-9(13)5-12/h1-4,9,12-13H,5-6H2. The SMILES string of the molecule is O=C(OCC(O)CO)c1ccc(Br)cc1. The van der Waals surface area contributed by atoms with Crippen molar-refractivity contribution in [1.82, 2.24) is 0 Å². The number of carbonyl (C=O) groups is 1. The molecule has 5 heteroatoms. The molecule has 0 aliphatic rings. The highest BCUT2D eigenvalue weighted by atomic mass is 79.9. The third kappa shape index (κ3) is 3.99. The maximum atomic E-state index is 11.3. The monoisotopic (exact) mass is 274 g/mol. The van der Waals surface area contributed by atoms with Crippen molar-refractivity contribution in [3.05, 3.63) is 34.3 Å². The molecule has 0 radical (unpaired) electrons. The smallest absolute Gasteiger partial charge is 0.338 e. The Bertz CT molecular complexity index is 323. The number of esters is 1.